The Balaban J connectivity index is 1.62. The number of fused-ring (bicyclic) bond motifs is 1. The second-order valence-electron chi connectivity index (χ2n) is 7.15. The third-order valence-corrected chi connectivity index (χ3v) is 5.15. The molecule has 2 aliphatic rings. The topological polar surface area (TPSA) is 98.4 Å². The summed E-state index contributed by atoms with van der Waals surface area (Å²) in [6.45, 7) is 1.37. The molecule has 29 heavy (non-hydrogen) atoms. The van der Waals surface area contributed by atoms with Crippen molar-refractivity contribution < 1.29 is 18.3 Å². The number of hydrogen-bond acceptors (Lipinski definition) is 8. The molecule has 0 radical (unpaired) electrons. The number of unbranched alkanes of at least 4 members (excludes halogenated alkanes) is 2. The first-order valence-electron chi connectivity index (χ1n) is 9.77. The predicted molar refractivity (Wildman–Crippen MR) is 105 cm³/mol. The molecule has 2 saturated heterocycles. The highest BCUT2D eigenvalue weighted by Gasteiger charge is 2.48. The second kappa shape index (κ2) is 8.32. The standard InChI is InChI=1S/C19H24F2N6O2/c1-2-3-4-5-23-19-25-12(7-16(26-19)27-9-15-13(27)10-28-15)11-6-14(29-18(20)21)17(22)24-8-11/h6-8,13,15,18H,2-5,9-10H2,1H3,(H2,22,24)(H,23,25,26)/t13?,15-/m1/s1. The van der Waals surface area contributed by atoms with Crippen molar-refractivity contribution in [3.05, 3.63) is 18.3 Å². The Labute approximate surface area is 167 Å². The van der Waals surface area contributed by atoms with Crippen LogP contribution in [0.5, 0.6) is 5.75 Å². The lowest BCUT2D eigenvalue weighted by molar-refractivity contribution is -0.113. The summed E-state index contributed by atoms with van der Waals surface area (Å²) >= 11 is 0. The zero-order valence-electron chi connectivity index (χ0n) is 16.1. The van der Waals surface area contributed by atoms with Crippen molar-refractivity contribution in [1.29, 1.82) is 0 Å². The van der Waals surface area contributed by atoms with Crippen molar-refractivity contribution in [3.63, 3.8) is 0 Å². The van der Waals surface area contributed by atoms with Crippen molar-refractivity contribution in [2.75, 3.05) is 35.6 Å². The summed E-state index contributed by atoms with van der Waals surface area (Å²) in [6.07, 6.45) is 5.00. The van der Waals surface area contributed by atoms with Gasteiger partial charge in [0, 0.05) is 30.9 Å². The molecule has 4 rings (SSSR count). The highest BCUT2D eigenvalue weighted by Crippen LogP contribution is 2.36. The first kappa shape index (κ1) is 19.6. The van der Waals surface area contributed by atoms with E-state index in [-0.39, 0.29) is 17.7 Å². The highest BCUT2D eigenvalue weighted by atomic mass is 19.3. The van der Waals surface area contributed by atoms with Gasteiger partial charge in [0.15, 0.2) is 11.6 Å². The van der Waals surface area contributed by atoms with Crippen molar-refractivity contribution in [1.82, 2.24) is 15.0 Å². The Hall–Kier alpha value is -2.75. The molecule has 2 aliphatic heterocycles. The SMILES string of the molecule is CCCCCNc1nc(-c2cnc(N)c(OC(F)F)c2)cc(N2C[C@H]3OCC32)n1. The molecule has 0 bridgehead atoms. The molecule has 2 atom stereocenters. The van der Waals surface area contributed by atoms with Crippen molar-refractivity contribution >= 4 is 17.6 Å². The van der Waals surface area contributed by atoms with E-state index in [1.165, 1.54) is 12.3 Å². The zero-order chi connectivity index (χ0) is 20.4. The van der Waals surface area contributed by atoms with Crippen LogP contribution in [0.2, 0.25) is 0 Å². The van der Waals surface area contributed by atoms with Crippen molar-refractivity contribution in [3.8, 4) is 17.0 Å². The van der Waals surface area contributed by atoms with Gasteiger partial charge < -0.3 is 25.4 Å². The third kappa shape index (κ3) is 4.16. The molecular formula is C19H24F2N6O2. The van der Waals surface area contributed by atoms with Gasteiger partial charge in [-0.1, -0.05) is 19.8 Å². The maximum atomic E-state index is 12.7. The fourth-order valence-corrected chi connectivity index (χ4v) is 3.41. The van der Waals surface area contributed by atoms with E-state index < -0.39 is 6.61 Å². The van der Waals surface area contributed by atoms with Crippen LogP contribution in [-0.4, -0.2) is 53.4 Å². The summed E-state index contributed by atoms with van der Waals surface area (Å²) in [4.78, 5) is 15.3. The fraction of sp³-hybridized carbons (Fsp3) is 0.526. The quantitative estimate of drug-likeness (QED) is 0.614. The molecule has 1 unspecified atom stereocenters. The van der Waals surface area contributed by atoms with Crippen LogP contribution in [0.25, 0.3) is 11.3 Å². The first-order chi connectivity index (χ1) is 14.0. The van der Waals surface area contributed by atoms with Crippen LogP contribution < -0.4 is 20.7 Å². The van der Waals surface area contributed by atoms with Gasteiger partial charge in [-0.05, 0) is 12.5 Å². The van der Waals surface area contributed by atoms with Crippen LogP contribution in [-0.2, 0) is 4.74 Å². The number of rotatable bonds is 9. The monoisotopic (exact) mass is 406 g/mol. The van der Waals surface area contributed by atoms with E-state index in [9.17, 15) is 8.78 Å². The van der Waals surface area contributed by atoms with Crippen molar-refractivity contribution in [2.45, 2.75) is 44.9 Å². The van der Waals surface area contributed by atoms with Gasteiger partial charge in [-0.15, -0.1) is 0 Å². The van der Waals surface area contributed by atoms with Gasteiger partial charge in [-0.3, -0.25) is 0 Å². The number of nitrogens with two attached hydrogens (primary N) is 1. The number of morpholine rings is 1. The highest BCUT2D eigenvalue weighted by molar-refractivity contribution is 5.68. The molecule has 4 heterocycles. The number of hydrogen-bond donors (Lipinski definition) is 2. The number of alkyl halides is 2. The lowest BCUT2D eigenvalue weighted by atomic mass is 9.95. The Bertz CT molecular complexity index is 869. The number of ether oxygens (including phenoxy) is 2. The molecule has 0 aromatic carbocycles. The van der Waals surface area contributed by atoms with E-state index in [0.29, 0.717) is 29.9 Å². The molecule has 3 N–H and O–H groups in total. The molecular weight excluding hydrogens is 382 g/mol. The van der Waals surface area contributed by atoms with E-state index in [1.54, 1.807) is 0 Å². The lowest BCUT2D eigenvalue weighted by Gasteiger charge is -2.55. The molecule has 10 heteroatoms. The Morgan fingerprint density at radius 1 is 1.34 bits per heavy atom. The van der Waals surface area contributed by atoms with E-state index >= 15 is 0 Å². The van der Waals surface area contributed by atoms with Gasteiger partial charge in [0.25, 0.3) is 0 Å². The molecule has 2 aromatic rings. The van der Waals surface area contributed by atoms with E-state index in [0.717, 1.165) is 38.2 Å². The smallest absolute Gasteiger partial charge is 0.387 e. The minimum absolute atomic E-state index is 0.0987. The van der Waals surface area contributed by atoms with Crippen LogP contribution in [0.4, 0.5) is 26.4 Å². The Morgan fingerprint density at radius 2 is 2.21 bits per heavy atom. The number of aromatic nitrogens is 3. The molecule has 0 spiro atoms. The molecule has 2 aromatic heterocycles. The molecule has 156 valence electrons. The predicted octanol–water partition coefficient (Wildman–Crippen LogP) is 2.91. The maximum Gasteiger partial charge on any atom is 0.387 e. The fourth-order valence-electron chi connectivity index (χ4n) is 3.41. The minimum Gasteiger partial charge on any atom is -0.431 e. The maximum absolute atomic E-state index is 12.7. The largest absolute Gasteiger partial charge is 0.431 e. The van der Waals surface area contributed by atoms with Gasteiger partial charge in [0.2, 0.25) is 5.95 Å². The average Bonchev–Trinajstić information content (AvgIpc) is 2.68. The van der Waals surface area contributed by atoms with Crippen molar-refractivity contribution in [2.24, 2.45) is 0 Å². The second-order valence-corrected chi connectivity index (χ2v) is 7.15. The van der Waals surface area contributed by atoms with Gasteiger partial charge in [0.05, 0.1) is 24.4 Å². The number of nitrogens with zero attached hydrogens (tertiary/aromatic N) is 4. The molecule has 0 amide bonds. The van der Waals surface area contributed by atoms with Crippen LogP contribution >= 0.6 is 0 Å². The number of nitrogen functional groups attached to an aromatic ring is 1. The van der Waals surface area contributed by atoms with E-state index in [4.69, 9.17) is 10.5 Å². The first-order valence-corrected chi connectivity index (χ1v) is 9.77. The normalized spacial score (nSPS) is 20.1. The zero-order valence-corrected chi connectivity index (χ0v) is 16.1. The summed E-state index contributed by atoms with van der Waals surface area (Å²) in [5, 5.41) is 3.26. The summed E-state index contributed by atoms with van der Waals surface area (Å²) < 4.78 is 35.2. The lowest BCUT2D eigenvalue weighted by Crippen LogP contribution is -2.71. The Morgan fingerprint density at radius 3 is 2.86 bits per heavy atom. The molecule has 8 nitrogen and oxygen atoms in total. The minimum atomic E-state index is -2.98. The van der Waals surface area contributed by atoms with Gasteiger partial charge in [0.1, 0.15) is 5.82 Å². The summed E-state index contributed by atoms with van der Waals surface area (Å²) in [5.74, 6) is 0.987. The van der Waals surface area contributed by atoms with E-state index in [1.807, 2.05) is 6.07 Å². The van der Waals surface area contributed by atoms with Crippen LogP contribution in [0.15, 0.2) is 18.3 Å². The Kier molecular flexibility index (Phi) is 5.61. The summed E-state index contributed by atoms with van der Waals surface area (Å²) in [5.41, 5.74) is 6.74. The number of nitrogens with one attached hydrogen (secondary N) is 1. The third-order valence-electron chi connectivity index (χ3n) is 5.15. The number of pyridine rings is 1. The number of halogens is 2. The van der Waals surface area contributed by atoms with Crippen LogP contribution in [0, 0.1) is 0 Å². The summed E-state index contributed by atoms with van der Waals surface area (Å²) in [6, 6.07) is 3.57. The molecule has 0 aliphatic carbocycles. The van der Waals surface area contributed by atoms with Gasteiger partial charge in [-0.2, -0.15) is 13.8 Å². The summed E-state index contributed by atoms with van der Waals surface area (Å²) in [7, 11) is 0. The molecule has 0 saturated carbocycles. The van der Waals surface area contributed by atoms with Gasteiger partial charge >= 0.3 is 6.61 Å². The number of anilines is 3. The van der Waals surface area contributed by atoms with Gasteiger partial charge in [-0.25, -0.2) is 9.97 Å². The molecule has 2 fully saturated rings. The van der Waals surface area contributed by atoms with Crippen LogP contribution in [0.1, 0.15) is 26.2 Å². The average molecular weight is 406 g/mol. The van der Waals surface area contributed by atoms with Crippen LogP contribution in [0.3, 0.4) is 0 Å². The van der Waals surface area contributed by atoms with E-state index in [2.05, 4.69) is 36.8 Å².